The molecule has 2 aromatic heterocycles. The fraction of sp³-hybridized carbons (Fsp3) is 0.353. The molecule has 0 aliphatic carbocycles. The second kappa shape index (κ2) is 7.44. The van der Waals surface area contributed by atoms with E-state index in [1.807, 2.05) is 26.0 Å². The van der Waals surface area contributed by atoms with Gasteiger partial charge in [0.05, 0.1) is 24.1 Å². The van der Waals surface area contributed by atoms with Crippen molar-refractivity contribution < 1.29 is 14.1 Å². The minimum Gasteiger partial charge on any atom is -0.352 e. The van der Waals surface area contributed by atoms with E-state index in [4.69, 9.17) is 4.52 Å². The molecular formula is C17H21N7O3. The van der Waals surface area contributed by atoms with Gasteiger partial charge in [-0.3, -0.25) is 4.79 Å². The molecule has 0 bridgehead atoms. The van der Waals surface area contributed by atoms with Gasteiger partial charge in [0.25, 0.3) is 11.7 Å². The summed E-state index contributed by atoms with van der Waals surface area (Å²) in [5, 5.41) is 8.59. The Labute approximate surface area is 155 Å². The lowest BCUT2D eigenvalue weighted by Crippen LogP contribution is -2.36. The molecule has 10 heteroatoms. The summed E-state index contributed by atoms with van der Waals surface area (Å²) in [5.74, 6) is 0.296. The normalized spacial score (nSPS) is 10.8. The van der Waals surface area contributed by atoms with Crippen LogP contribution in [0, 0.1) is 13.8 Å². The molecule has 3 aromatic rings. The monoisotopic (exact) mass is 371 g/mol. The second-order valence-electron chi connectivity index (χ2n) is 6.24. The summed E-state index contributed by atoms with van der Waals surface area (Å²) < 4.78 is 4.92. The Morgan fingerprint density at radius 3 is 2.70 bits per heavy atom. The first-order chi connectivity index (χ1) is 12.9. The largest absolute Gasteiger partial charge is 0.352 e. The van der Waals surface area contributed by atoms with Crippen molar-refractivity contribution in [3.05, 3.63) is 40.8 Å². The number of aromatic amines is 1. The zero-order valence-corrected chi connectivity index (χ0v) is 15.6. The van der Waals surface area contributed by atoms with Gasteiger partial charge in [0, 0.05) is 14.1 Å². The Hall–Kier alpha value is -3.43. The highest BCUT2D eigenvalue weighted by molar-refractivity contribution is 5.89. The highest BCUT2D eigenvalue weighted by Gasteiger charge is 2.16. The number of rotatable bonds is 5. The lowest BCUT2D eigenvalue weighted by atomic mass is 10.1. The smallest absolute Gasteiger partial charge is 0.317 e. The first-order valence-corrected chi connectivity index (χ1v) is 8.37. The molecule has 3 amide bonds. The summed E-state index contributed by atoms with van der Waals surface area (Å²) in [5.41, 5.74) is 4.16. The Kier molecular flexibility index (Phi) is 5.06. The third kappa shape index (κ3) is 4.05. The zero-order chi connectivity index (χ0) is 19.6. The first-order valence-electron chi connectivity index (χ1n) is 8.37. The molecule has 0 atom stereocenters. The van der Waals surface area contributed by atoms with Crippen molar-refractivity contribution in [1.29, 1.82) is 0 Å². The van der Waals surface area contributed by atoms with Crippen LogP contribution in [0.3, 0.4) is 0 Å². The molecule has 0 spiro atoms. The number of amides is 3. The molecule has 0 saturated carbocycles. The summed E-state index contributed by atoms with van der Waals surface area (Å²) in [4.78, 5) is 36.8. The van der Waals surface area contributed by atoms with E-state index in [-0.39, 0.29) is 24.3 Å². The van der Waals surface area contributed by atoms with Gasteiger partial charge >= 0.3 is 6.03 Å². The van der Waals surface area contributed by atoms with Crippen LogP contribution >= 0.6 is 0 Å². The van der Waals surface area contributed by atoms with E-state index in [0.717, 1.165) is 11.0 Å². The van der Waals surface area contributed by atoms with E-state index >= 15 is 0 Å². The lowest BCUT2D eigenvalue weighted by Gasteiger charge is -2.15. The minimum atomic E-state index is -0.455. The fourth-order valence-corrected chi connectivity index (χ4v) is 2.51. The average Bonchev–Trinajstić information content (AvgIpc) is 3.26. The number of imidazole rings is 1. The van der Waals surface area contributed by atoms with E-state index in [0.29, 0.717) is 12.4 Å². The van der Waals surface area contributed by atoms with E-state index < -0.39 is 5.91 Å². The molecule has 0 unspecified atom stereocenters. The molecule has 0 radical (unpaired) electrons. The van der Waals surface area contributed by atoms with Crippen molar-refractivity contribution in [2.45, 2.75) is 26.9 Å². The standard InChI is InChI=1S/C17H21N7O3/c1-9-5-11-12(6-10(9)2)21-13(20-11)8-24(4)17(26)19-7-14-22-15(23-27-14)16(25)18-3/h5-6H,7-8H2,1-4H3,(H,18,25)(H,19,26)(H,20,21). The topological polar surface area (TPSA) is 129 Å². The number of aromatic nitrogens is 4. The number of nitrogens with one attached hydrogen (secondary N) is 3. The van der Waals surface area contributed by atoms with Gasteiger partial charge in [-0.25, -0.2) is 9.78 Å². The van der Waals surface area contributed by atoms with E-state index in [1.165, 1.54) is 23.1 Å². The van der Waals surface area contributed by atoms with Crippen LogP contribution in [0.2, 0.25) is 0 Å². The lowest BCUT2D eigenvalue weighted by molar-refractivity contribution is 0.0950. The molecule has 2 heterocycles. The van der Waals surface area contributed by atoms with Gasteiger partial charge < -0.3 is 25.0 Å². The zero-order valence-electron chi connectivity index (χ0n) is 15.6. The molecule has 0 aliphatic heterocycles. The third-order valence-corrected chi connectivity index (χ3v) is 4.17. The summed E-state index contributed by atoms with van der Waals surface area (Å²) in [6.07, 6.45) is 0. The van der Waals surface area contributed by atoms with Crippen LogP contribution in [-0.4, -0.2) is 51.0 Å². The molecule has 27 heavy (non-hydrogen) atoms. The SMILES string of the molecule is CNC(=O)c1noc(CNC(=O)N(C)Cc2nc3cc(C)c(C)cc3[nH]2)n1. The van der Waals surface area contributed by atoms with Gasteiger partial charge in [0.2, 0.25) is 5.89 Å². The van der Waals surface area contributed by atoms with Crippen LogP contribution in [0.1, 0.15) is 33.5 Å². The highest BCUT2D eigenvalue weighted by atomic mass is 16.5. The number of aryl methyl sites for hydroxylation is 2. The predicted octanol–water partition coefficient (Wildman–Crippen LogP) is 1.26. The summed E-state index contributed by atoms with van der Waals surface area (Å²) in [6, 6.07) is 3.73. The Bertz CT molecular complexity index is 953. The Morgan fingerprint density at radius 2 is 1.96 bits per heavy atom. The van der Waals surface area contributed by atoms with Gasteiger partial charge in [0.15, 0.2) is 0 Å². The van der Waals surface area contributed by atoms with Crippen LogP contribution in [0.4, 0.5) is 4.79 Å². The van der Waals surface area contributed by atoms with Crippen molar-refractivity contribution in [2.24, 2.45) is 0 Å². The number of benzene rings is 1. The van der Waals surface area contributed by atoms with Crippen molar-refractivity contribution in [1.82, 2.24) is 35.6 Å². The van der Waals surface area contributed by atoms with Gasteiger partial charge in [0.1, 0.15) is 5.82 Å². The second-order valence-corrected chi connectivity index (χ2v) is 6.24. The number of nitrogens with zero attached hydrogens (tertiary/aromatic N) is 4. The molecule has 142 valence electrons. The van der Waals surface area contributed by atoms with Crippen LogP contribution in [0.25, 0.3) is 11.0 Å². The fourth-order valence-electron chi connectivity index (χ4n) is 2.51. The number of carbonyl (C=O) groups excluding carboxylic acids is 2. The van der Waals surface area contributed by atoms with Crippen molar-refractivity contribution in [2.75, 3.05) is 14.1 Å². The maximum atomic E-state index is 12.2. The molecule has 3 N–H and O–H groups in total. The molecule has 0 saturated heterocycles. The van der Waals surface area contributed by atoms with Crippen molar-refractivity contribution in [3.8, 4) is 0 Å². The number of fused-ring (bicyclic) bond motifs is 1. The minimum absolute atomic E-state index is 0.0195. The molecule has 1 aromatic carbocycles. The van der Waals surface area contributed by atoms with Crippen molar-refractivity contribution in [3.63, 3.8) is 0 Å². The molecular weight excluding hydrogens is 350 g/mol. The highest BCUT2D eigenvalue weighted by Crippen LogP contribution is 2.17. The van der Waals surface area contributed by atoms with Crippen LogP contribution in [-0.2, 0) is 13.1 Å². The molecule has 0 aliphatic rings. The maximum absolute atomic E-state index is 12.2. The van der Waals surface area contributed by atoms with Gasteiger partial charge in [-0.2, -0.15) is 4.98 Å². The van der Waals surface area contributed by atoms with Gasteiger partial charge in [-0.15, -0.1) is 0 Å². The van der Waals surface area contributed by atoms with Crippen molar-refractivity contribution >= 4 is 23.0 Å². The van der Waals surface area contributed by atoms with Crippen LogP contribution < -0.4 is 10.6 Å². The van der Waals surface area contributed by atoms with E-state index in [9.17, 15) is 9.59 Å². The number of urea groups is 1. The third-order valence-electron chi connectivity index (χ3n) is 4.17. The van der Waals surface area contributed by atoms with E-state index in [2.05, 4.69) is 30.7 Å². The van der Waals surface area contributed by atoms with E-state index in [1.54, 1.807) is 7.05 Å². The maximum Gasteiger partial charge on any atom is 0.317 e. The van der Waals surface area contributed by atoms with Crippen LogP contribution in [0.5, 0.6) is 0 Å². The summed E-state index contributed by atoms with van der Waals surface area (Å²) in [6.45, 7) is 4.41. The van der Waals surface area contributed by atoms with Gasteiger partial charge in [-0.05, 0) is 37.1 Å². The number of hydrogen-bond acceptors (Lipinski definition) is 6. The first kappa shape index (κ1) is 18.4. The quantitative estimate of drug-likeness (QED) is 0.619. The Morgan fingerprint density at radius 1 is 1.22 bits per heavy atom. The van der Waals surface area contributed by atoms with Gasteiger partial charge in [-0.1, -0.05) is 5.16 Å². The predicted molar refractivity (Wildman–Crippen MR) is 97.0 cm³/mol. The number of H-pyrrole nitrogens is 1. The molecule has 0 fully saturated rings. The average molecular weight is 371 g/mol. The Balaban J connectivity index is 1.59. The molecule has 10 nitrogen and oxygen atoms in total. The van der Waals surface area contributed by atoms with Crippen LogP contribution in [0.15, 0.2) is 16.7 Å². The summed E-state index contributed by atoms with van der Waals surface area (Å²) in [7, 11) is 3.12. The number of hydrogen-bond donors (Lipinski definition) is 3. The summed E-state index contributed by atoms with van der Waals surface area (Å²) >= 11 is 0. The molecule has 3 rings (SSSR count). The number of carbonyl (C=O) groups is 2.